The lowest BCUT2D eigenvalue weighted by molar-refractivity contribution is 0.0597. The Kier molecular flexibility index (Phi) is 4.31. The van der Waals surface area contributed by atoms with Crippen LogP contribution in [0, 0.1) is 0 Å². The van der Waals surface area contributed by atoms with Crippen LogP contribution in [0.3, 0.4) is 0 Å². The maximum absolute atomic E-state index is 11.7. The zero-order chi connectivity index (χ0) is 15.7. The molecule has 0 radical (unpaired) electrons. The van der Waals surface area contributed by atoms with Gasteiger partial charge in [0, 0.05) is 9.75 Å². The number of carbonyl (C=O) groups is 2. The molecule has 6 heteroatoms. The number of methoxy groups -OCH3 is 2. The number of carbonyl (C=O) groups excluding carboxylic acids is 2. The Hall–Kier alpha value is -1.66. The Bertz CT molecular complexity index is 621. The Morgan fingerprint density at radius 3 is 1.59 bits per heavy atom. The van der Waals surface area contributed by atoms with Gasteiger partial charge < -0.3 is 9.47 Å². The predicted octanol–water partition coefficient (Wildman–Crippen LogP) is 3.27. The number of hydrogen-bond acceptors (Lipinski definition) is 6. The van der Waals surface area contributed by atoms with Gasteiger partial charge in [-0.15, -0.1) is 22.7 Å². The van der Waals surface area contributed by atoms with E-state index in [1.54, 1.807) is 0 Å². The van der Waals surface area contributed by atoms with Gasteiger partial charge in [-0.1, -0.05) is 0 Å². The van der Waals surface area contributed by atoms with Crippen molar-refractivity contribution in [3.05, 3.63) is 42.8 Å². The van der Waals surface area contributed by atoms with Crippen LogP contribution in [-0.4, -0.2) is 26.2 Å². The maximum Gasteiger partial charge on any atom is 0.348 e. The van der Waals surface area contributed by atoms with E-state index >= 15 is 0 Å². The molecule has 0 amide bonds. The highest BCUT2D eigenvalue weighted by molar-refractivity contribution is 7.14. The van der Waals surface area contributed by atoms with Crippen LogP contribution in [0.4, 0.5) is 0 Å². The molecule has 2 aromatic rings. The van der Waals surface area contributed by atoms with Crippen molar-refractivity contribution in [1.29, 1.82) is 0 Å². The molecule has 0 spiro atoms. The van der Waals surface area contributed by atoms with E-state index in [1.165, 1.54) is 57.8 Å². The van der Waals surface area contributed by atoms with Gasteiger partial charge in [0.1, 0.15) is 9.75 Å². The van der Waals surface area contributed by atoms with E-state index < -0.39 is 0 Å². The van der Waals surface area contributed by atoms with E-state index in [2.05, 4.69) is 0 Å². The average Bonchev–Trinajstić information content (AvgIpc) is 3.11. The van der Waals surface area contributed by atoms with Gasteiger partial charge in [-0.25, -0.2) is 9.59 Å². The van der Waals surface area contributed by atoms with E-state index in [0.717, 1.165) is 25.7 Å². The van der Waals surface area contributed by atoms with Crippen LogP contribution in [0.2, 0.25) is 0 Å². The van der Waals surface area contributed by atoms with Gasteiger partial charge in [-0.3, -0.25) is 0 Å². The zero-order valence-corrected chi connectivity index (χ0v) is 14.1. The molecule has 0 aliphatic heterocycles. The van der Waals surface area contributed by atoms with Crippen molar-refractivity contribution >= 4 is 34.6 Å². The van der Waals surface area contributed by atoms with Gasteiger partial charge in [0.15, 0.2) is 0 Å². The summed E-state index contributed by atoms with van der Waals surface area (Å²) >= 11 is 3.04. The number of ether oxygens (including phenoxy) is 2. The predicted molar refractivity (Wildman–Crippen MR) is 86.1 cm³/mol. The largest absolute Gasteiger partial charge is 0.465 e. The quantitative estimate of drug-likeness (QED) is 0.790. The smallest absolute Gasteiger partial charge is 0.348 e. The Labute approximate surface area is 136 Å². The van der Waals surface area contributed by atoms with Crippen molar-refractivity contribution in [3.63, 3.8) is 0 Å². The summed E-state index contributed by atoms with van der Waals surface area (Å²) in [6.07, 6.45) is 3.55. The van der Waals surface area contributed by atoms with Gasteiger partial charge >= 0.3 is 11.9 Å². The first-order chi connectivity index (χ1) is 10.6. The lowest BCUT2D eigenvalue weighted by Crippen LogP contribution is -2.01. The molecule has 0 unspecified atom stereocenters. The summed E-state index contributed by atoms with van der Waals surface area (Å²) in [6.45, 7) is 0. The molecular weight excluding hydrogens is 320 g/mol. The third kappa shape index (κ3) is 2.80. The highest BCUT2D eigenvalue weighted by Gasteiger charge is 2.21. The van der Waals surface area contributed by atoms with Crippen LogP contribution >= 0.6 is 22.7 Å². The minimum atomic E-state index is -0.264. The number of esters is 2. The highest BCUT2D eigenvalue weighted by Crippen LogP contribution is 2.32. The second-order valence-corrected chi connectivity index (χ2v) is 7.37. The maximum atomic E-state index is 11.7. The van der Waals surface area contributed by atoms with Crippen molar-refractivity contribution in [3.8, 4) is 0 Å². The number of thiophene rings is 2. The van der Waals surface area contributed by atoms with Gasteiger partial charge in [-0.2, -0.15) is 0 Å². The topological polar surface area (TPSA) is 52.6 Å². The van der Waals surface area contributed by atoms with Crippen LogP contribution in [0.15, 0.2) is 12.1 Å². The van der Waals surface area contributed by atoms with Crippen LogP contribution in [0.1, 0.15) is 40.2 Å². The Balaban J connectivity index is 1.85. The van der Waals surface area contributed by atoms with Gasteiger partial charge in [0.05, 0.1) is 14.2 Å². The standard InChI is InChI=1S/C16H16O4S2/c1-19-15(17)13-7-9-3-6-12-10(4-5-11(9)21-13)8-14(22-12)16(18)20-2/h7-8H,3-6H2,1-2H3. The molecule has 0 atom stereocenters. The van der Waals surface area contributed by atoms with Gasteiger partial charge in [0.2, 0.25) is 0 Å². The summed E-state index contributed by atoms with van der Waals surface area (Å²) in [5.74, 6) is -0.529. The lowest BCUT2D eigenvalue weighted by atomic mass is 9.98. The molecule has 0 bridgehead atoms. The third-order valence-corrected chi connectivity index (χ3v) is 6.24. The first-order valence-corrected chi connectivity index (χ1v) is 8.65. The fourth-order valence-electron chi connectivity index (χ4n) is 2.68. The molecular formula is C16H16O4S2. The van der Waals surface area contributed by atoms with Gasteiger partial charge in [0.25, 0.3) is 0 Å². The summed E-state index contributed by atoms with van der Waals surface area (Å²) in [5, 5.41) is 0. The molecule has 4 nitrogen and oxygen atoms in total. The van der Waals surface area contributed by atoms with Crippen molar-refractivity contribution in [2.24, 2.45) is 0 Å². The van der Waals surface area contributed by atoms with E-state index in [9.17, 15) is 9.59 Å². The molecule has 3 rings (SSSR count). The minimum absolute atomic E-state index is 0.264. The first-order valence-electron chi connectivity index (χ1n) is 7.02. The first kappa shape index (κ1) is 15.2. The van der Waals surface area contributed by atoms with Crippen molar-refractivity contribution in [2.45, 2.75) is 25.7 Å². The molecule has 116 valence electrons. The van der Waals surface area contributed by atoms with E-state index in [1.807, 2.05) is 12.1 Å². The van der Waals surface area contributed by atoms with Gasteiger partial charge in [-0.05, 0) is 48.9 Å². The molecule has 0 fully saturated rings. The molecule has 0 saturated carbocycles. The van der Waals surface area contributed by atoms with E-state index in [0.29, 0.717) is 9.75 Å². The fourth-order valence-corrected chi connectivity index (χ4v) is 4.94. The van der Waals surface area contributed by atoms with Crippen molar-refractivity contribution < 1.29 is 19.1 Å². The molecule has 0 N–H and O–H groups in total. The summed E-state index contributed by atoms with van der Waals surface area (Å²) in [5.41, 5.74) is 2.45. The highest BCUT2D eigenvalue weighted by atomic mass is 32.1. The van der Waals surface area contributed by atoms with E-state index in [4.69, 9.17) is 9.47 Å². The second-order valence-electron chi connectivity index (χ2n) is 5.10. The van der Waals surface area contributed by atoms with Crippen LogP contribution in [-0.2, 0) is 35.2 Å². The fraction of sp³-hybridized carbons (Fsp3) is 0.375. The molecule has 2 heterocycles. The molecule has 0 aromatic carbocycles. The summed E-state index contributed by atoms with van der Waals surface area (Å²) in [6, 6.07) is 3.90. The molecule has 2 aromatic heterocycles. The SMILES string of the molecule is COC(=O)c1cc2c(s1)CCc1cc(C(=O)OC)sc1CC2. The van der Waals surface area contributed by atoms with E-state index in [-0.39, 0.29) is 11.9 Å². The molecule has 0 saturated heterocycles. The van der Waals surface area contributed by atoms with Crippen LogP contribution < -0.4 is 0 Å². The van der Waals surface area contributed by atoms with Crippen LogP contribution in [0.5, 0.6) is 0 Å². The second kappa shape index (κ2) is 6.22. The summed E-state index contributed by atoms with van der Waals surface area (Å²) in [7, 11) is 2.82. The minimum Gasteiger partial charge on any atom is -0.465 e. The number of aryl methyl sites for hydroxylation is 4. The normalized spacial score (nSPS) is 13.5. The number of rotatable bonds is 2. The number of fused-ring (bicyclic) bond motifs is 2. The Morgan fingerprint density at radius 1 is 0.818 bits per heavy atom. The average molecular weight is 336 g/mol. The number of hydrogen-bond donors (Lipinski definition) is 0. The monoisotopic (exact) mass is 336 g/mol. The lowest BCUT2D eigenvalue weighted by Gasteiger charge is -2.09. The summed E-state index contributed by atoms with van der Waals surface area (Å²) in [4.78, 5) is 27.2. The Morgan fingerprint density at radius 2 is 1.23 bits per heavy atom. The molecule has 1 aliphatic rings. The molecule has 22 heavy (non-hydrogen) atoms. The van der Waals surface area contributed by atoms with Crippen LogP contribution in [0.25, 0.3) is 0 Å². The van der Waals surface area contributed by atoms with Crippen molar-refractivity contribution in [2.75, 3.05) is 14.2 Å². The third-order valence-electron chi connectivity index (χ3n) is 3.81. The van der Waals surface area contributed by atoms with Crippen molar-refractivity contribution in [1.82, 2.24) is 0 Å². The summed E-state index contributed by atoms with van der Waals surface area (Å²) < 4.78 is 9.60. The molecule has 1 aliphatic carbocycles. The zero-order valence-electron chi connectivity index (χ0n) is 12.4.